The maximum absolute atomic E-state index is 11.6. The number of halogens is 1. The highest BCUT2D eigenvalue weighted by Crippen LogP contribution is 2.22. The van der Waals surface area contributed by atoms with Crippen LogP contribution in [0.5, 0.6) is 5.75 Å². The van der Waals surface area contributed by atoms with Gasteiger partial charge in [0.1, 0.15) is 24.0 Å². The number of aliphatic hydroxyl groups is 1. The van der Waals surface area contributed by atoms with E-state index in [1.165, 1.54) is 11.8 Å². The Kier molecular flexibility index (Phi) is 7.37. The summed E-state index contributed by atoms with van der Waals surface area (Å²) in [6.45, 7) is 6.35. The van der Waals surface area contributed by atoms with Crippen molar-refractivity contribution >= 4 is 16.7 Å². The van der Waals surface area contributed by atoms with Crippen LogP contribution in [0.25, 0.3) is 11.0 Å². The van der Waals surface area contributed by atoms with Gasteiger partial charge in [0.2, 0.25) is 0 Å². The second-order valence-electron chi connectivity index (χ2n) is 7.49. The Balaban J connectivity index is 0.00000256. The van der Waals surface area contributed by atoms with Gasteiger partial charge in [0.15, 0.2) is 0 Å². The normalized spacial score (nSPS) is 15.6. The van der Waals surface area contributed by atoms with Crippen molar-refractivity contribution in [2.24, 2.45) is 0 Å². The van der Waals surface area contributed by atoms with E-state index in [0.29, 0.717) is 17.9 Å². The average Bonchev–Trinajstić information content (AvgIpc) is 2.73. The number of ether oxygens (including phenoxy) is 1. The first-order valence-electron chi connectivity index (χ1n) is 9.96. The zero-order valence-corrected chi connectivity index (χ0v) is 17.7. The lowest BCUT2D eigenvalue weighted by molar-refractivity contribution is -0.00000868. The van der Waals surface area contributed by atoms with Gasteiger partial charge in [-0.1, -0.05) is 18.2 Å². The van der Waals surface area contributed by atoms with Crippen molar-refractivity contribution in [3.8, 4) is 5.75 Å². The van der Waals surface area contributed by atoms with Crippen molar-refractivity contribution in [1.29, 1.82) is 0 Å². The molecule has 1 unspecified atom stereocenters. The van der Waals surface area contributed by atoms with E-state index in [4.69, 9.17) is 9.15 Å². The molecule has 160 valence electrons. The van der Waals surface area contributed by atoms with E-state index < -0.39 is 6.10 Å². The van der Waals surface area contributed by atoms with Crippen LogP contribution in [-0.4, -0.2) is 55.4 Å². The molecule has 1 aliphatic rings. The largest absolute Gasteiger partial charge is 1.00 e. The third-order valence-corrected chi connectivity index (χ3v) is 5.33. The molecule has 6 nitrogen and oxygen atoms in total. The molecule has 0 bridgehead atoms. The van der Waals surface area contributed by atoms with Gasteiger partial charge < -0.3 is 31.6 Å². The molecule has 7 heteroatoms. The fourth-order valence-electron chi connectivity index (χ4n) is 3.77. The summed E-state index contributed by atoms with van der Waals surface area (Å²) in [5, 5.41) is 11.3. The average molecular weight is 430 g/mol. The number of hydrogen-bond acceptors (Lipinski definition) is 6. The number of hydrogen-bond donors (Lipinski definition) is 1. The minimum Gasteiger partial charge on any atom is -1.00 e. The van der Waals surface area contributed by atoms with Gasteiger partial charge >= 0.3 is 5.63 Å². The molecule has 0 amide bonds. The standard InChI is InChI=1S/C23H26N2O4.ClH/c1-17-13-23(27)29-22-14-20(7-8-21(17)22)28-16-19(26)15-24-9-11-25(12-10-24)18-5-3-2-4-6-18;/h2-8,13-14,19,26H,9-12,15-16H2,1H3;1H/p-1. The minimum atomic E-state index is -0.585. The second-order valence-corrected chi connectivity index (χ2v) is 7.49. The predicted octanol–water partition coefficient (Wildman–Crippen LogP) is -0.333. The minimum absolute atomic E-state index is 0. The summed E-state index contributed by atoms with van der Waals surface area (Å²) in [6, 6.07) is 17.3. The molecule has 1 saturated heterocycles. The third-order valence-electron chi connectivity index (χ3n) is 5.33. The van der Waals surface area contributed by atoms with Crippen molar-refractivity contribution < 1.29 is 26.7 Å². The molecule has 0 radical (unpaired) electrons. The molecule has 1 atom stereocenters. The van der Waals surface area contributed by atoms with Gasteiger partial charge in [-0.3, -0.25) is 4.90 Å². The van der Waals surface area contributed by atoms with E-state index in [9.17, 15) is 9.90 Å². The van der Waals surface area contributed by atoms with Crippen LogP contribution in [0.3, 0.4) is 0 Å². The Morgan fingerprint density at radius 3 is 2.53 bits per heavy atom. The molecule has 0 aliphatic carbocycles. The summed E-state index contributed by atoms with van der Waals surface area (Å²) in [6.07, 6.45) is -0.585. The second kappa shape index (κ2) is 9.98. The lowest BCUT2D eigenvalue weighted by Crippen LogP contribution is -3.00. The highest BCUT2D eigenvalue weighted by Gasteiger charge is 2.19. The summed E-state index contributed by atoms with van der Waals surface area (Å²) in [5.74, 6) is 0.583. The summed E-state index contributed by atoms with van der Waals surface area (Å²) in [5.41, 5.74) is 2.24. The fourth-order valence-corrected chi connectivity index (χ4v) is 3.77. The Labute approximate surface area is 182 Å². The van der Waals surface area contributed by atoms with E-state index in [1.807, 2.05) is 25.1 Å². The van der Waals surface area contributed by atoms with Crippen molar-refractivity contribution in [3.63, 3.8) is 0 Å². The molecular formula is C23H26ClN2O4-. The SMILES string of the molecule is Cc1cc(=O)oc2cc(OCC(O)CN3CCN(c4ccccc4)CC3)ccc12.[Cl-]. The predicted molar refractivity (Wildman–Crippen MR) is 114 cm³/mol. The van der Waals surface area contributed by atoms with E-state index >= 15 is 0 Å². The number of rotatable bonds is 6. The Bertz CT molecular complexity index is 1020. The van der Waals surface area contributed by atoms with Crippen LogP contribution in [0, 0.1) is 6.92 Å². The number of piperazine rings is 1. The summed E-state index contributed by atoms with van der Waals surface area (Å²) in [7, 11) is 0. The van der Waals surface area contributed by atoms with E-state index in [1.54, 1.807) is 6.07 Å². The van der Waals surface area contributed by atoms with Crippen LogP contribution in [0.15, 0.2) is 63.8 Å². The first-order chi connectivity index (χ1) is 14.1. The van der Waals surface area contributed by atoms with Gasteiger partial charge in [-0.15, -0.1) is 0 Å². The molecule has 3 aromatic rings. The summed E-state index contributed by atoms with van der Waals surface area (Å²) < 4.78 is 11.0. The highest BCUT2D eigenvalue weighted by molar-refractivity contribution is 5.81. The van der Waals surface area contributed by atoms with Gasteiger partial charge in [0.05, 0.1) is 0 Å². The van der Waals surface area contributed by atoms with Crippen LogP contribution in [0.4, 0.5) is 5.69 Å². The van der Waals surface area contributed by atoms with E-state index in [2.05, 4.69) is 34.1 Å². The van der Waals surface area contributed by atoms with E-state index in [-0.39, 0.29) is 24.6 Å². The topological polar surface area (TPSA) is 66.2 Å². The molecular weight excluding hydrogens is 404 g/mol. The maximum Gasteiger partial charge on any atom is 0.336 e. The maximum atomic E-state index is 11.6. The van der Waals surface area contributed by atoms with Crippen LogP contribution < -0.4 is 27.7 Å². The molecule has 1 aromatic heterocycles. The third kappa shape index (κ3) is 5.33. The number of nitrogens with zero attached hydrogens (tertiary/aromatic N) is 2. The van der Waals surface area contributed by atoms with Crippen LogP contribution in [-0.2, 0) is 0 Å². The molecule has 4 rings (SSSR count). The lowest BCUT2D eigenvalue weighted by Gasteiger charge is -2.36. The molecule has 2 heterocycles. The molecule has 30 heavy (non-hydrogen) atoms. The van der Waals surface area contributed by atoms with Crippen LogP contribution >= 0.6 is 0 Å². The molecule has 1 N–H and O–H groups in total. The van der Waals surface area contributed by atoms with Gasteiger partial charge in [-0.25, -0.2) is 4.79 Å². The van der Waals surface area contributed by atoms with Crippen LogP contribution in [0.1, 0.15) is 5.56 Å². The van der Waals surface area contributed by atoms with Crippen LogP contribution in [0.2, 0.25) is 0 Å². The molecule has 0 saturated carbocycles. The number of aryl methyl sites for hydroxylation is 1. The molecule has 1 aliphatic heterocycles. The number of fused-ring (bicyclic) bond motifs is 1. The summed E-state index contributed by atoms with van der Waals surface area (Å²) in [4.78, 5) is 16.2. The molecule has 1 fully saturated rings. The number of β-amino-alcohol motifs (C(OH)–C–C–N with tert-alkyl or cyclic N) is 1. The smallest absolute Gasteiger partial charge is 0.336 e. The number of benzene rings is 2. The monoisotopic (exact) mass is 429 g/mol. The number of para-hydroxylation sites is 1. The van der Waals surface area contributed by atoms with Gasteiger partial charge in [-0.05, 0) is 36.8 Å². The summed E-state index contributed by atoms with van der Waals surface area (Å²) >= 11 is 0. The quantitative estimate of drug-likeness (QED) is 0.541. The zero-order chi connectivity index (χ0) is 20.2. The Morgan fingerprint density at radius 1 is 1.07 bits per heavy atom. The van der Waals surface area contributed by atoms with E-state index in [0.717, 1.165) is 37.1 Å². The van der Waals surface area contributed by atoms with Crippen molar-refractivity contribution in [3.05, 3.63) is 70.6 Å². The van der Waals surface area contributed by atoms with Crippen molar-refractivity contribution in [2.45, 2.75) is 13.0 Å². The van der Waals surface area contributed by atoms with Gasteiger partial charge in [0.25, 0.3) is 0 Å². The zero-order valence-electron chi connectivity index (χ0n) is 17.0. The van der Waals surface area contributed by atoms with Crippen molar-refractivity contribution in [2.75, 3.05) is 44.2 Å². The van der Waals surface area contributed by atoms with Crippen molar-refractivity contribution in [1.82, 2.24) is 4.90 Å². The molecule has 0 spiro atoms. The van der Waals surface area contributed by atoms with Gasteiger partial charge in [0, 0.05) is 55.9 Å². The Hall–Kier alpha value is -2.54. The highest BCUT2D eigenvalue weighted by atomic mass is 35.5. The van der Waals surface area contributed by atoms with Gasteiger partial charge in [-0.2, -0.15) is 0 Å². The Morgan fingerprint density at radius 2 is 1.80 bits per heavy atom. The molecule has 2 aromatic carbocycles. The first-order valence-corrected chi connectivity index (χ1v) is 9.96. The first kappa shape index (κ1) is 22.2. The number of aliphatic hydroxyl groups excluding tert-OH is 1. The number of anilines is 1. The fraction of sp³-hybridized carbons (Fsp3) is 0.348. The lowest BCUT2D eigenvalue weighted by atomic mass is 10.1.